The van der Waals surface area contributed by atoms with Crippen LogP contribution in [-0.4, -0.2) is 30.6 Å². The van der Waals surface area contributed by atoms with Gasteiger partial charge in [-0.3, -0.25) is 0 Å². The van der Waals surface area contributed by atoms with Crippen LogP contribution in [0.2, 0.25) is 10.0 Å². The number of benzene rings is 1. The summed E-state index contributed by atoms with van der Waals surface area (Å²) in [7, 11) is 0. The molecule has 2 atom stereocenters. The molecule has 0 radical (unpaired) electrons. The van der Waals surface area contributed by atoms with Gasteiger partial charge in [0.05, 0.1) is 6.54 Å². The Balaban J connectivity index is 2.31. The van der Waals surface area contributed by atoms with Crippen LogP contribution in [0.3, 0.4) is 0 Å². The van der Waals surface area contributed by atoms with E-state index in [4.69, 9.17) is 23.2 Å². The molecule has 2 unspecified atom stereocenters. The largest absolute Gasteiger partial charge is 0.385 e. The first kappa shape index (κ1) is 16.2. The van der Waals surface area contributed by atoms with Crippen LogP contribution in [0.15, 0.2) is 30.9 Å². The summed E-state index contributed by atoms with van der Waals surface area (Å²) >= 11 is 12.0. The molecule has 0 aliphatic heterocycles. The number of halogens is 2. The topological polar surface area (TPSA) is 71.2 Å². The van der Waals surface area contributed by atoms with Gasteiger partial charge in [-0.25, -0.2) is 9.67 Å². The van der Waals surface area contributed by atoms with E-state index >= 15 is 0 Å². The number of hydrogen-bond donors (Lipinski definition) is 2. The van der Waals surface area contributed by atoms with Crippen molar-refractivity contribution in [1.29, 1.82) is 0 Å². The van der Waals surface area contributed by atoms with E-state index in [-0.39, 0.29) is 6.54 Å². The molecule has 1 aromatic heterocycles. The highest BCUT2D eigenvalue weighted by Crippen LogP contribution is 2.36. The molecule has 5 nitrogen and oxygen atoms in total. The Labute approximate surface area is 133 Å². The van der Waals surface area contributed by atoms with Gasteiger partial charge in [-0.05, 0) is 18.6 Å². The summed E-state index contributed by atoms with van der Waals surface area (Å²) in [5, 5.41) is 26.2. The van der Waals surface area contributed by atoms with Gasteiger partial charge in [-0.1, -0.05) is 42.6 Å². The van der Waals surface area contributed by atoms with Crippen LogP contribution >= 0.6 is 23.2 Å². The zero-order valence-electron chi connectivity index (χ0n) is 11.6. The number of hydrogen-bond acceptors (Lipinski definition) is 4. The van der Waals surface area contributed by atoms with Crippen LogP contribution in [-0.2, 0) is 6.54 Å². The summed E-state index contributed by atoms with van der Waals surface area (Å²) in [6.45, 7) is 2.06. The normalized spacial score (nSPS) is 15.7. The average molecular weight is 330 g/mol. The standard InChI is InChI=1S/C14H17Cl2N3O2/c1-2-5-14(21,7-19-9-17-8-18-19)13(20)11-4-3-10(15)6-12(11)16/h3-4,6,8-9,13,20-21H,2,5,7H2,1H3. The van der Waals surface area contributed by atoms with Crippen molar-refractivity contribution in [3.8, 4) is 0 Å². The fourth-order valence-electron chi connectivity index (χ4n) is 2.34. The molecular weight excluding hydrogens is 313 g/mol. The second kappa shape index (κ2) is 6.75. The van der Waals surface area contributed by atoms with Crippen LogP contribution in [0.1, 0.15) is 31.4 Å². The third-order valence-electron chi connectivity index (χ3n) is 3.35. The Morgan fingerprint density at radius 3 is 2.71 bits per heavy atom. The van der Waals surface area contributed by atoms with Gasteiger partial charge >= 0.3 is 0 Å². The smallest absolute Gasteiger partial charge is 0.137 e. The van der Waals surface area contributed by atoms with Gasteiger partial charge in [0.15, 0.2) is 0 Å². The Bertz CT molecular complexity index is 592. The summed E-state index contributed by atoms with van der Waals surface area (Å²) in [6.07, 6.45) is 2.83. The highest BCUT2D eigenvalue weighted by Gasteiger charge is 2.37. The van der Waals surface area contributed by atoms with Crippen molar-refractivity contribution in [2.45, 2.75) is 38.0 Å². The predicted molar refractivity (Wildman–Crippen MR) is 81.3 cm³/mol. The summed E-state index contributed by atoms with van der Waals surface area (Å²) in [6, 6.07) is 4.80. The van der Waals surface area contributed by atoms with Crippen molar-refractivity contribution in [3.05, 3.63) is 46.5 Å². The van der Waals surface area contributed by atoms with Crippen molar-refractivity contribution >= 4 is 23.2 Å². The molecule has 2 N–H and O–H groups in total. The molecule has 7 heteroatoms. The molecule has 0 aliphatic carbocycles. The van der Waals surface area contributed by atoms with Gasteiger partial charge in [0, 0.05) is 15.6 Å². The first-order chi connectivity index (χ1) is 9.96. The molecule has 2 rings (SSSR count). The van der Waals surface area contributed by atoms with Crippen molar-refractivity contribution in [1.82, 2.24) is 14.8 Å². The SMILES string of the molecule is CCCC(O)(Cn1cncn1)C(O)c1ccc(Cl)cc1Cl. The Morgan fingerprint density at radius 1 is 1.38 bits per heavy atom. The average Bonchev–Trinajstić information content (AvgIpc) is 2.91. The quantitative estimate of drug-likeness (QED) is 0.854. The highest BCUT2D eigenvalue weighted by molar-refractivity contribution is 6.35. The minimum atomic E-state index is -1.39. The van der Waals surface area contributed by atoms with Gasteiger partial charge in [-0.2, -0.15) is 5.10 Å². The summed E-state index contributed by atoms with van der Waals surface area (Å²) < 4.78 is 1.49. The first-order valence-corrected chi connectivity index (χ1v) is 7.39. The molecule has 0 spiro atoms. The summed E-state index contributed by atoms with van der Waals surface area (Å²) in [5.41, 5.74) is -0.947. The Morgan fingerprint density at radius 2 is 2.14 bits per heavy atom. The lowest BCUT2D eigenvalue weighted by Gasteiger charge is -2.33. The van der Waals surface area contributed by atoms with Gasteiger partial charge in [0.2, 0.25) is 0 Å². The number of nitrogens with zero attached hydrogens (tertiary/aromatic N) is 3. The summed E-state index contributed by atoms with van der Waals surface area (Å²) in [5.74, 6) is 0. The molecule has 0 aliphatic rings. The second-order valence-corrected chi connectivity index (χ2v) is 5.86. The molecule has 1 aromatic carbocycles. The van der Waals surface area contributed by atoms with Gasteiger partial charge < -0.3 is 10.2 Å². The minimum Gasteiger partial charge on any atom is -0.385 e. The predicted octanol–water partition coefficient (Wildman–Crippen LogP) is 2.85. The molecular formula is C14H17Cl2N3O2. The lowest BCUT2D eigenvalue weighted by atomic mass is 9.87. The Kier molecular flexibility index (Phi) is 5.22. The van der Waals surface area contributed by atoms with E-state index < -0.39 is 11.7 Å². The van der Waals surface area contributed by atoms with E-state index in [0.29, 0.717) is 28.5 Å². The molecule has 114 valence electrons. The van der Waals surface area contributed by atoms with Crippen molar-refractivity contribution in [3.63, 3.8) is 0 Å². The number of aliphatic hydroxyl groups excluding tert-OH is 1. The molecule has 1 heterocycles. The third-order valence-corrected chi connectivity index (χ3v) is 3.91. The third kappa shape index (κ3) is 3.74. The fourth-order valence-corrected chi connectivity index (χ4v) is 2.85. The molecule has 0 bridgehead atoms. The maximum absolute atomic E-state index is 10.9. The number of rotatable bonds is 6. The molecule has 2 aromatic rings. The van der Waals surface area contributed by atoms with E-state index in [1.807, 2.05) is 6.92 Å². The van der Waals surface area contributed by atoms with E-state index in [1.54, 1.807) is 18.2 Å². The maximum atomic E-state index is 10.9. The van der Waals surface area contributed by atoms with Crippen LogP contribution < -0.4 is 0 Å². The van der Waals surface area contributed by atoms with Gasteiger partial charge in [-0.15, -0.1) is 0 Å². The van der Waals surface area contributed by atoms with E-state index in [0.717, 1.165) is 0 Å². The van der Waals surface area contributed by atoms with Crippen molar-refractivity contribution < 1.29 is 10.2 Å². The zero-order chi connectivity index (χ0) is 15.5. The number of aromatic nitrogens is 3. The Hall–Kier alpha value is -1.14. The van der Waals surface area contributed by atoms with Crippen LogP contribution in [0.4, 0.5) is 0 Å². The monoisotopic (exact) mass is 329 g/mol. The van der Waals surface area contributed by atoms with Crippen molar-refractivity contribution in [2.24, 2.45) is 0 Å². The lowest BCUT2D eigenvalue weighted by Crippen LogP contribution is -2.41. The minimum absolute atomic E-state index is 0.126. The highest BCUT2D eigenvalue weighted by atomic mass is 35.5. The first-order valence-electron chi connectivity index (χ1n) is 6.64. The second-order valence-electron chi connectivity index (χ2n) is 5.02. The molecule has 0 amide bonds. The zero-order valence-corrected chi connectivity index (χ0v) is 13.1. The molecule has 0 saturated heterocycles. The van der Waals surface area contributed by atoms with Gasteiger partial charge in [0.25, 0.3) is 0 Å². The lowest BCUT2D eigenvalue weighted by molar-refractivity contribution is -0.0957. The van der Waals surface area contributed by atoms with Crippen LogP contribution in [0, 0.1) is 0 Å². The van der Waals surface area contributed by atoms with Crippen LogP contribution in [0.25, 0.3) is 0 Å². The van der Waals surface area contributed by atoms with E-state index in [2.05, 4.69) is 10.1 Å². The number of aliphatic hydroxyl groups is 2. The summed E-state index contributed by atoms with van der Waals surface area (Å²) in [4.78, 5) is 3.84. The van der Waals surface area contributed by atoms with E-state index in [1.165, 1.54) is 17.3 Å². The van der Waals surface area contributed by atoms with Crippen molar-refractivity contribution in [2.75, 3.05) is 0 Å². The van der Waals surface area contributed by atoms with Gasteiger partial charge in [0.1, 0.15) is 24.4 Å². The molecule has 0 fully saturated rings. The molecule has 0 saturated carbocycles. The molecule has 21 heavy (non-hydrogen) atoms. The maximum Gasteiger partial charge on any atom is 0.137 e. The van der Waals surface area contributed by atoms with E-state index in [9.17, 15) is 10.2 Å². The fraction of sp³-hybridized carbons (Fsp3) is 0.429. The van der Waals surface area contributed by atoms with Crippen LogP contribution in [0.5, 0.6) is 0 Å².